The molecule has 100 valence electrons. The fourth-order valence-electron chi connectivity index (χ4n) is 1.74. The number of nitrogens with zero attached hydrogens (tertiary/aromatic N) is 1. The Morgan fingerprint density at radius 3 is 2.58 bits per heavy atom. The molecule has 19 heavy (non-hydrogen) atoms. The van der Waals surface area contributed by atoms with Crippen molar-refractivity contribution in [3.05, 3.63) is 48.2 Å². The Labute approximate surface area is 113 Å². The number of nitrogens with two attached hydrogens (primary N) is 1. The van der Waals surface area contributed by atoms with Gasteiger partial charge >= 0.3 is 0 Å². The van der Waals surface area contributed by atoms with Gasteiger partial charge in [0.1, 0.15) is 11.6 Å². The van der Waals surface area contributed by atoms with E-state index >= 15 is 0 Å². The Morgan fingerprint density at radius 2 is 1.95 bits per heavy atom. The van der Waals surface area contributed by atoms with Gasteiger partial charge in [-0.3, -0.25) is 0 Å². The second kappa shape index (κ2) is 6.20. The van der Waals surface area contributed by atoms with Crippen LogP contribution >= 0.6 is 0 Å². The van der Waals surface area contributed by atoms with Crippen molar-refractivity contribution in [1.29, 1.82) is 0 Å². The molecule has 1 heterocycles. The molecule has 4 heteroatoms. The largest absolute Gasteiger partial charge is 0.491 e. The van der Waals surface area contributed by atoms with Gasteiger partial charge in [-0.2, -0.15) is 0 Å². The molecule has 1 aromatic carbocycles. The molecule has 0 unspecified atom stereocenters. The molecular formula is C15H19N3O. The van der Waals surface area contributed by atoms with Crippen LogP contribution in [0.15, 0.2) is 42.6 Å². The molecule has 2 rings (SSSR count). The second-order valence-electron chi connectivity index (χ2n) is 4.53. The Bertz CT molecular complexity index is 523. The first-order chi connectivity index (χ1) is 9.19. The summed E-state index contributed by atoms with van der Waals surface area (Å²) in [6, 6.07) is 11.7. The van der Waals surface area contributed by atoms with Crippen LogP contribution in [0, 0.1) is 0 Å². The van der Waals surface area contributed by atoms with Gasteiger partial charge in [0.25, 0.3) is 0 Å². The van der Waals surface area contributed by atoms with E-state index in [-0.39, 0.29) is 6.10 Å². The maximum atomic E-state index is 5.68. The van der Waals surface area contributed by atoms with Gasteiger partial charge in [-0.05, 0) is 44.2 Å². The Balaban J connectivity index is 2.11. The third-order valence-electron chi connectivity index (χ3n) is 2.60. The highest BCUT2D eigenvalue weighted by Crippen LogP contribution is 2.21. The van der Waals surface area contributed by atoms with E-state index in [2.05, 4.69) is 10.3 Å². The van der Waals surface area contributed by atoms with E-state index in [1.54, 1.807) is 6.20 Å². The van der Waals surface area contributed by atoms with Crippen LogP contribution in [0.2, 0.25) is 0 Å². The van der Waals surface area contributed by atoms with Crippen LogP contribution in [0.3, 0.4) is 0 Å². The maximum Gasteiger partial charge on any atom is 0.134 e. The molecule has 2 aromatic rings. The summed E-state index contributed by atoms with van der Waals surface area (Å²) in [5.74, 6) is 1.66. The van der Waals surface area contributed by atoms with E-state index in [0.717, 1.165) is 22.8 Å². The number of rotatable bonds is 5. The zero-order valence-electron chi connectivity index (χ0n) is 11.3. The minimum Gasteiger partial charge on any atom is -0.491 e. The molecule has 3 N–H and O–H groups in total. The Kier molecular flexibility index (Phi) is 4.36. The monoisotopic (exact) mass is 257 g/mol. The Morgan fingerprint density at radius 1 is 1.21 bits per heavy atom. The number of ether oxygens (including phenoxy) is 1. The number of hydrogen-bond acceptors (Lipinski definition) is 4. The summed E-state index contributed by atoms with van der Waals surface area (Å²) in [4.78, 5) is 4.29. The highest BCUT2D eigenvalue weighted by molar-refractivity contribution is 5.59. The van der Waals surface area contributed by atoms with Gasteiger partial charge < -0.3 is 15.8 Å². The number of nitrogens with one attached hydrogen (secondary N) is 1. The second-order valence-corrected chi connectivity index (χ2v) is 4.53. The lowest BCUT2D eigenvalue weighted by Gasteiger charge is -2.12. The van der Waals surface area contributed by atoms with Crippen molar-refractivity contribution in [2.45, 2.75) is 26.5 Å². The molecule has 0 aliphatic heterocycles. The molecule has 0 fully saturated rings. The third kappa shape index (κ3) is 3.69. The van der Waals surface area contributed by atoms with Crippen molar-refractivity contribution >= 4 is 11.5 Å². The van der Waals surface area contributed by atoms with Crippen molar-refractivity contribution < 1.29 is 4.74 Å². The first kappa shape index (κ1) is 13.4. The molecule has 1 aromatic heterocycles. The molecule has 0 radical (unpaired) electrons. The number of benzene rings is 1. The quantitative estimate of drug-likeness (QED) is 0.864. The molecular weight excluding hydrogens is 238 g/mol. The van der Waals surface area contributed by atoms with E-state index in [1.165, 1.54) is 0 Å². The van der Waals surface area contributed by atoms with Crippen molar-refractivity contribution in [2.24, 2.45) is 5.73 Å². The van der Waals surface area contributed by atoms with Crippen LogP contribution < -0.4 is 15.8 Å². The normalized spacial score (nSPS) is 10.5. The molecule has 0 amide bonds. The van der Waals surface area contributed by atoms with Gasteiger partial charge in [0.2, 0.25) is 0 Å². The highest BCUT2D eigenvalue weighted by Gasteiger charge is 2.03. The molecule has 0 aliphatic rings. The Hall–Kier alpha value is -2.07. The molecule has 0 saturated heterocycles. The van der Waals surface area contributed by atoms with E-state index < -0.39 is 0 Å². The molecule has 4 nitrogen and oxygen atoms in total. The zero-order valence-corrected chi connectivity index (χ0v) is 11.3. The summed E-state index contributed by atoms with van der Waals surface area (Å²) in [6.07, 6.45) is 1.93. The van der Waals surface area contributed by atoms with E-state index in [9.17, 15) is 0 Å². The van der Waals surface area contributed by atoms with Gasteiger partial charge in [0, 0.05) is 24.0 Å². The summed E-state index contributed by atoms with van der Waals surface area (Å²) in [7, 11) is 0. The predicted octanol–water partition coefficient (Wildman–Crippen LogP) is 3.07. The van der Waals surface area contributed by atoms with Gasteiger partial charge in [-0.25, -0.2) is 4.98 Å². The van der Waals surface area contributed by atoms with Gasteiger partial charge in [0.05, 0.1) is 6.10 Å². The SMILES string of the molecule is CC(C)Oc1ccc(Nc2ncccc2CN)cc1. The lowest BCUT2D eigenvalue weighted by atomic mass is 10.2. The van der Waals surface area contributed by atoms with Crippen LogP contribution in [0.1, 0.15) is 19.4 Å². The summed E-state index contributed by atoms with van der Waals surface area (Å²) in [5.41, 5.74) is 7.64. The number of anilines is 2. The molecule has 0 bridgehead atoms. The van der Waals surface area contributed by atoms with Crippen LogP contribution in [0.4, 0.5) is 11.5 Å². The van der Waals surface area contributed by atoms with E-state index in [1.807, 2.05) is 50.2 Å². The molecule has 0 saturated carbocycles. The molecule has 0 aliphatic carbocycles. The van der Waals surface area contributed by atoms with Gasteiger partial charge in [0.15, 0.2) is 0 Å². The highest BCUT2D eigenvalue weighted by atomic mass is 16.5. The smallest absolute Gasteiger partial charge is 0.134 e. The summed E-state index contributed by atoms with van der Waals surface area (Å²) < 4.78 is 5.60. The summed E-state index contributed by atoms with van der Waals surface area (Å²) >= 11 is 0. The summed E-state index contributed by atoms with van der Waals surface area (Å²) in [6.45, 7) is 4.48. The average molecular weight is 257 g/mol. The minimum absolute atomic E-state index is 0.179. The fourth-order valence-corrected chi connectivity index (χ4v) is 1.74. The first-order valence-corrected chi connectivity index (χ1v) is 6.36. The number of aromatic nitrogens is 1. The standard InChI is InChI=1S/C15H19N3O/c1-11(2)19-14-7-5-13(6-8-14)18-15-12(10-16)4-3-9-17-15/h3-9,11H,10,16H2,1-2H3,(H,17,18). The van der Waals surface area contributed by atoms with Crippen LogP contribution in [0.25, 0.3) is 0 Å². The van der Waals surface area contributed by atoms with Crippen LogP contribution in [-0.2, 0) is 6.54 Å². The van der Waals surface area contributed by atoms with Crippen molar-refractivity contribution in [1.82, 2.24) is 4.98 Å². The van der Waals surface area contributed by atoms with E-state index in [0.29, 0.717) is 6.54 Å². The third-order valence-corrected chi connectivity index (χ3v) is 2.60. The number of pyridine rings is 1. The minimum atomic E-state index is 0.179. The fraction of sp³-hybridized carbons (Fsp3) is 0.267. The summed E-state index contributed by atoms with van der Waals surface area (Å²) in [5, 5.41) is 3.26. The van der Waals surface area contributed by atoms with Crippen LogP contribution in [0.5, 0.6) is 5.75 Å². The van der Waals surface area contributed by atoms with Crippen molar-refractivity contribution in [3.63, 3.8) is 0 Å². The van der Waals surface area contributed by atoms with Crippen molar-refractivity contribution in [3.8, 4) is 5.75 Å². The molecule has 0 atom stereocenters. The molecule has 0 spiro atoms. The maximum absolute atomic E-state index is 5.68. The van der Waals surface area contributed by atoms with Crippen molar-refractivity contribution in [2.75, 3.05) is 5.32 Å². The number of hydrogen-bond donors (Lipinski definition) is 2. The first-order valence-electron chi connectivity index (χ1n) is 6.36. The topological polar surface area (TPSA) is 60.2 Å². The lowest BCUT2D eigenvalue weighted by Crippen LogP contribution is -2.05. The predicted molar refractivity (Wildman–Crippen MR) is 77.6 cm³/mol. The lowest BCUT2D eigenvalue weighted by molar-refractivity contribution is 0.242. The average Bonchev–Trinajstić information content (AvgIpc) is 2.41. The zero-order chi connectivity index (χ0) is 13.7. The van der Waals surface area contributed by atoms with Crippen LogP contribution in [-0.4, -0.2) is 11.1 Å². The van der Waals surface area contributed by atoms with Gasteiger partial charge in [-0.1, -0.05) is 6.07 Å². The van der Waals surface area contributed by atoms with Gasteiger partial charge in [-0.15, -0.1) is 0 Å². The van der Waals surface area contributed by atoms with E-state index in [4.69, 9.17) is 10.5 Å².